The van der Waals surface area contributed by atoms with E-state index in [2.05, 4.69) is 61.3 Å². The van der Waals surface area contributed by atoms with Gasteiger partial charge in [-0.2, -0.15) is 0 Å². The summed E-state index contributed by atoms with van der Waals surface area (Å²) in [6.07, 6.45) is 0.368. The molecule has 1 fully saturated rings. The van der Waals surface area contributed by atoms with Crippen molar-refractivity contribution in [2.75, 3.05) is 44.2 Å². The fourth-order valence-corrected chi connectivity index (χ4v) is 2.98. The molecule has 1 aliphatic heterocycles. The molecule has 140 valence electrons. The molecule has 0 unspecified atom stereocenters. The molecule has 0 atom stereocenters. The molecule has 1 amide bonds. The van der Waals surface area contributed by atoms with E-state index in [-0.39, 0.29) is 5.11 Å². The summed E-state index contributed by atoms with van der Waals surface area (Å²) in [6, 6.07) is 10.4. The van der Waals surface area contributed by atoms with Crippen molar-refractivity contribution in [3.63, 3.8) is 0 Å². The summed E-state index contributed by atoms with van der Waals surface area (Å²) < 4.78 is 4.52. The van der Waals surface area contributed by atoms with Gasteiger partial charge in [-0.1, -0.05) is 24.8 Å². The Labute approximate surface area is 164 Å². The summed E-state index contributed by atoms with van der Waals surface area (Å²) in [5, 5.41) is 9.38. The first-order valence-electron chi connectivity index (χ1n) is 8.29. The van der Waals surface area contributed by atoms with Gasteiger partial charge < -0.3 is 25.2 Å². The summed E-state index contributed by atoms with van der Waals surface area (Å²) in [5.41, 5.74) is 1.24. The number of alkyl carbamates (subject to hydrolysis) is 1. The zero-order valence-electron chi connectivity index (χ0n) is 14.4. The van der Waals surface area contributed by atoms with Crippen molar-refractivity contribution in [3.8, 4) is 0 Å². The topological polar surface area (TPSA) is 68.9 Å². The van der Waals surface area contributed by atoms with Crippen molar-refractivity contribution in [2.24, 2.45) is 0 Å². The van der Waals surface area contributed by atoms with Crippen LogP contribution in [0.1, 0.15) is 0 Å². The highest BCUT2D eigenvalue weighted by Crippen LogP contribution is 2.15. The highest BCUT2D eigenvalue weighted by Gasteiger charge is 2.18. The van der Waals surface area contributed by atoms with Crippen LogP contribution in [0, 0.1) is 0 Å². The van der Waals surface area contributed by atoms with Crippen molar-refractivity contribution in [3.05, 3.63) is 43.2 Å². The van der Waals surface area contributed by atoms with E-state index in [0.717, 1.165) is 37.6 Å². The maximum absolute atomic E-state index is 11.2. The number of rotatable bonds is 5. The van der Waals surface area contributed by atoms with Crippen LogP contribution in [0.4, 0.5) is 10.5 Å². The van der Waals surface area contributed by atoms with Crippen LogP contribution in [0.25, 0.3) is 0 Å². The van der Waals surface area contributed by atoms with Crippen molar-refractivity contribution < 1.29 is 9.53 Å². The van der Waals surface area contributed by atoms with Gasteiger partial charge in [-0.3, -0.25) is 5.32 Å². The molecule has 0 radical (unpaired) electrons. The number of carbonyl (C=O) groups is 1. The zero-order valence-corrected chi connectivity index (χ0v) is 16.1. The van der Waals surface area contributed by atoms with E-state index in [9.17, 15) is 4.79 Å². The van der Waals surface area contributed by atoms with Gasteiger partial charge in [0.05, 0.1) is 6.26 Å². The first kappa shape index (κ1) is 19.9. The van der Waals surface area contributed by atoms with Gasteiger partial charge in [0.15, 0.2) is 10.2 Å². The highest BCUT2D eigenvalue weighted by molar-refractivity contribution is 7.80. The van der Waals surface area contributed by atoms with Crippen LogP contribution >= 0.6 is 24.4 Å². The Bertz CT molecular complexity index is 633. The first-order valence-corrected chi connectivity index (χ1v) is 9.11. The van der Waals surface area contributed by atoms with Crippen molar-refractivity contribution in [2.45, 2.75) is 0 Å². The van der Waals surface area contributed by atoms with Gasteiger partial charge in [0.25, 0.3) is 0 Å². The number of hydrogen-bond donors (Lipinski definition) is 3. The Morgan fingerprint density at radius 3 is 2.42 bits per heavy atom. The molecule has 9 heteroatoms. The van der Waals surface area contributed by atoms with Gasteiger partial charge in [-0.15, -0.1) is 0 Å². The van der Waals surface area contributed by atoms with Gasteiger partial charge in [0.1, 0.15) is 0 Å². The minimum atomic E-state index is -0.669. The molecule has 1 aromatic carbocycles. The standard InChI is InChI=1S/C17H23N5O2S2/c1-2-24-17(23)20-15(25)18-8-9-19-16(26)22-12-10-21(11-13-22)14-6-4-3-5-7-14/h2-7H,1,8-13H2,(H,19,26)(H2,18,20,23,25). The normalized spacial score (nSPS) is 13.5. The fourth-order valence-electron chi connectivity index (χ4n) is 2.51. The highest BCUT2D eigenvalue weighted by atomic mass is 32.1. The van der Waals surface area contributed by atoms with Crippen LogP contribution in [0.3, 0.4) is 0 Å². The number of hydrogen-bond acceptors (Lipinski definition) is 5. The second-order valence-electron chi connectivity index (χ2n) is 5.49. The maximum atomic E-state index is 11.2. The van der Waals surface area contributed by atoms with E-state index >= 15 is 0 Å². The largest absolute Gasteiger partial charge is 0.419 e. The van der Waals surface area contributed by atoms with Crippen LogP contribution in [0.2, 0.25) is 0 Å². The molecule has 0 aliphatic carbocycles. The number of nitrogens with zero attached hydrogens (tertiary/aromatic N) is 2. The minimum absolute atomic E-state index is 0.195. The number of para-hydroxylation sites is 1. The van der Waals surface area contributed by atoms with Crippen molar-refractivity contribution >= 4 is 46.4 Å². The lowest BCUT2D eigenvalue weighted by atomic mass is 10.2. The van der Waals surface area contributed by atoms with E-state index in [1.807, 2.05) is 6.07 Å². The third-order valence-corrected chi connectivity index (χ3v) is 4.43. The molecule has 1 aliphatic rings. The van der Waals surface area contributed by atoms with Crippen LogP contribution in [-0.2, 0) is 4.74 Å². The Balaban J connectivity index is 1.61. The number of benzene rings is 1. The van der Waals surface area contributed by atoms with Crippen LogP contribution in [0.15, 0.2) is 43.2 Å². The summed E-state index contributed by atoms with van der Waals surface area (Å²) in [6.45, 7) is 8.03. The molecule has 0 saturated carbocycles. The molecule has 26 heavy (non-hydrogen) atoms. The molecule has 0 bridgehead atoms. The monoisotopic (exact) mass is 393 g/mol. The number of carbonyl (C=O) groups excluding carboxylic acids is 1. The van der Waals surface area contributed by atoms with Gasteiger partial charge in [0, 0.05) is 45.0 Å². The number of nitrogens with one attached hydrogen (secondary N) is 3. The summed E-state index contributed by atoms with van der Waals surface area (Å²) in [4.78, 5) is 15.7. The quantitative estimate of drug-likeness (QED) is 0.394. The molecule has 1 heterocycles. The molecule has 1 saturated heterocycles. The fraction of sp³-hybridized carbons (Fsp3) is 0.353. The van der Waals surface area contributed by atoms with E-state index in [0.29, 0.717) is 13.1 Å². The van der Waals surface area contributed by atoms with Crippen LogP contribution in [0.5, 0.6) is 0 Å². The Morgan fingerprint density at radius 2 is 1.77 bits per heavy atom. The van der Waals surface area contributed by atoms with E-state index in [1.54, 1.807) is 0 Å². The predicted octanol–water partition coefficient (Wildman–Crippen LogP) is 1.43. The molecular weight excluding hydrogens is 370 g/mol. The van der Waals surface area contributed by atoms with Crippen molar-refractivity contribution in [1.82, 2.24) is 20.9 Å². The lowest BCUT2D eigenvalue weighted by Gasteiger charge is -2.37. The molecule has 0 spiro atoms. The lowest BCUT2D eigenvalue weighted by molar-refractivity contribution is 0.191. The Morgan fingerprint density at radius 1 is 1.12 bits per heavy atom. The van der Waals surface area contributed by atoms with Crippen molar-refractivity contribution in [1.29, 1.82) is 0 Å². The molecule has 2 rings (SSSR count). The Hall–Kier alpha value is -2.39. The number of thiocarbonyl (C=S) groups is 2. The number of amides is 1. The first-order chi connectivity index (χ1) is 12.6. The van der Waals surface area contributed by atoms with E-state index in [4.69, 9.17) is 24.4 Å². The maximum Gasteiger partial charge on any atom is 0.418 e. The molecule has 7 nitrogen and oxygen atoms in total. The molecular formula is C17H23N5O2S2. The third-order valence-electron chi connectivity index (χ3n) is 3.78. The number of piperazine rings is 1. The predicted molar refractivity (Wildman–Crippen MR) is 111 cm³/mol. The number of anilines is 1. The molecule has 1 aromatic rings. The van der Waals surface area contributed by atoms with Gasteiger partial charge in [-0.05, 0) is 36.6 Å². The average Bonchev–Trinajstić information content (AvgIpc) is 2.66. The minimum Gasteiger partial charge on any atom is -0.419 e. The number of ether oxygens (including phenoxy) is 1. The van der Waals surface area contributed by atoms with E-state index < -0.39 is 6.09 Å². The lowest BCUT2D eigenvalue weighted by Crippen LogP contribution is -2.52. The average molecular weight is 394 g/mol. The summed E-state index contributed by atoms with van der Waals surface area (Å²) >= 11 is 10.4. The summed E-state index contributed by atoms with van der Waals surface area (Å²) in [5.74, 6) is 0. The smallest absolute Gasteiger partial charge is 0.418 e. The third kappa shape index (κ3) is 6.49. The van der Waals surface area contributed by atoms with Gasteiger partial charge in [-0.25, -0.2) is 4.79 Å². The second kappa shape index (κ2) is 10.6. The SMILES string of the molecule is C=COC(=O)NC(=S)NCCNC(=S)N1CCN(c2ccccc2)CC1. The van der Waals surface area contributed by atoms with E-state index in [1.165, 1.54) is 5.69 Å². The van der Waals surface area contributed by atoms with Crippen LogP contribution < -0.4 is 20.9 Å². The van der Waals surface area contributed by atoms with Gasteiger partial charge in [0.2, 0.25) is 0 Å². The van der Waals surface area contributed by atoms with Gasteiger partial charge >= 0.3 is 6.09 Å². The molecule has 0 aromatic heterocycles. The van der Waals surface area contributed by atoms with Crippen LogP contribution in [-0.4, -0.2) is 60.5 Å². The molecule has 3 N–H and O–H groups in total. The zero-order chi connectivity index (χ0) is 18.8. The summed E-state index contributed by atoms with van der Waals surface area (Å²) in [7, 11) is 0. The second-order valence-corrected chi connectivity index (χ2v) is 6.29. The Kier molecular flexibility index (Phi) is 8.10.